The molecule has 0 bridgehead atoms. The average Bonchev–Trinajstić information content (AvgIpc) is 2.73. The number of nitrogens with one attached hydrogen (secondary N) is 2. The van der Waals surface area contributed by atoms with Gasteiger partial charge < -0.3 is 14.8 Å². The van der Waals surface area contributed by atoms with E-state index in [1.165, 1.54) is 13.5 Å². The molecular formula is C22H26N2O4S. The molecule has 0 aliphatic rings. The molecule has 0 saturated heterocycles. The molecule has 2 rings (SSSR count). The number of unbranched alkanes of at least 4 members (excludes halogenated alkanes) is 3. The largest absolute Gasteiger partial charge is 0.493 e. The predicted molar refractivity (Wildman–Crippen MR) is 118 cm³/mol. The van der Waals surface area contributed by atoms with E-state index in [9.17, 15) is 9.59 Å². The molecule has 2 aromatic rings. The first-order chi connectivity index (χ1) is 14.0. The highest BCUT2D eigenvalue weighted by Crippen LogP contribution is 2.18. The topological polar surface area (TPSA) is 76.7 Å². The van der Waals surface area contributed by atoms with Crippen molar-refractivity contribution in [3.63, 3.8) is 0 Å². The number of esters is 1. The fourth-order valence-electron chi connectivity index (χ4n) is 2.63. The van der Waals surface area contributed by atoms with Gasteiger partial charge in [-0.25, -0.2) is 4.79 Å². The van der Waals surface area contributed by atoms with Gasteiger partial charge in [0.1, 0.15) is 5.75 Å². The summed E-state index contributed by atoms with van der Waals surface area (Å²) < 4.78 is 10.4. The molecule has 29 heavy (non-hydrogen) atoms. The van der Waals surface area contributed by atoms with Crippen LogP contribution in [0.1, 0.15) is 53.3 Å². The zero-order valence-corrected chi connectivity index (χ0v) is 17.5. The maximum Gasteiger partial charge on any atom is 0.337 e. The van der Waals surface area contributed by atoms with E-state index in [2.05, 4.69) is 22.3 Å². The average molecular weight is 415 g/mol. The van der Waals surface area contributed by atoms with Gasteiger partial charge in [0.15, 0.2) is 5.11 Å². The molecule has 6 nitrogen and oxygen atoms in total. The molecule has 1 amide bonds. The third-order valence-electron chi connectivity index (χ3n) is 4.18. The Kier molecular flexibility index (Phi) is 9.11. The van der Waals surface area contributed by atoms with Crippen LogP contribution in [-0.4, -0.2) is 30.7 Å². The number of anilines is 1. The molecule has 7 heteroatoms. The maximum atomic E-state index is 12.6. The smallest absolute Gasteiger partial charge is 0.337 e. The number of amides is 1. The molecule has 0 fully saturated rings. The number of hydrogen-bond donors (Lipinski definition) is 2. The van der Waals surface area contributed by atoms with Crippen LogP contribution in [0.15, 0.2) is 48.5 Å². The van der Waals surface area contributed by atoms with Crippen LogP contribution < -0.4 is 15.4 Å². The van der Waals surface area contributed by atoms with Crippen molar-refractivity contribution in [3.8, 4) is 5.75 Å². The Morgan fingerprint density at radius 3 is 2.41 bits per heavy atom. The molecule has 2 aromatic carbocycles. The van der Waals surface area contributed by atoms with E-state index in [0.29, 0.717) is 29.2 Å². The van der Waals surface area contributed by atoms with Crippen LogP contribution in [0.5, 0.6) is 5.75 Å². The van der Waals surface area contributed by atoms with Crippen LogP contribution in [0.25, 0.3) is 0 Å². The van der Waals surface area contributed by atoms with Gasteiger partial charge in [-0.15, -0.1) is 0 Å². The van der Waals surface area contributed by atoms with Crippen molar-refractivity contribution in [2.75, 3.05) is 19.0 Å². The monoisotopic (exact) mass is 414 g/mol. The van der Waals surface area contributed by atoms with E-state index < -0.39 is 5.97 Å². The van der Waals surface area contributed by atoms with Gasteiger partial charge in [-0.1, -0.05) is 38.3 Å². The van der Waals surface area contributed by atoms with Crippen LogP contribution in [0.3, 0.4) is 0 Å². The van der Waals surface area contributed by atoms with Crippen molar-refractivity contribution < 1.29 is 19.1 Å². The van der Waals surface area contributed by atoms with Crippen LogP contribution in [-0.2, 0) is 4.74 Å². The highest BCUT2D eigenvalue weighted by Gasteiger charge is 2.14. The standard InChI is InChI=1S/C22H26N2O4S/c1-3-4-5-8-15-28-19-10-7-6-9-18(19)20(25)24-22(29)23-17-13-11-16(12-14-17)21(26)27-2/h6-7,9-14H,3-5,8,15H2,1-2H3,(H2,23,24,25,29). The zero-order valence-electron chi connectivity index (χ0n) is 16.7. The lowest BCUT2D eigenvalue weighted by Gasteiger charge is -2.13. The molecule has 154 valence electrons. The molecule has 0 saturated carbocycles. The summed E-state index contributed by atoms with van der Waals surface area (Å²) in [5.74, 6) is -0.233. The number of hydrogen-bond acceptors (Lipinski definition) is 5. The Labute approximate surface area is 176 Å². The number of para-hydroxylation sites is 1. The molecular weight excluding hydrogens is 388 g/mol. The lowest BCUT2D eigenvalue weighted by Crippen LogP contribution is -2.34. The number of rotatable bonds is 9. The van der Waals surface area contributed by atoms with Crippen LogP contribution in [0, 0.1) is 0 Å². The SMILES string of the molecule is CCCCCCOc1ccccc1C(=O)NC(=S)Nc1ccc(C(=O)OC)cc1. The van der Waals surface area contributed by atoms with Crippen molar-refractivity contribution in [2.24, 2.45) is 0 Å². The first kappa shape index (κ1) is 22.4. The minimum atomic E-state index is -0.418. The number of ether oxygens (including phenoxy) is 2. The summed E-state index contributed by atoms with van der Waals surface area (Å²) >= 11 is 5.22. The maximum absolute atomic E-state index is 12.6. The Hall–Kier alpha value is -2.93. The van der Waals surface area contributed by atoms with Gasteiger partial charge >= 0.3 is 5.97 Å². The Bertz CT molecular complexity index is 837. The van der Waals surface area contributed by atoms with Crippen LogP contribution >= 0.6 is 12.2 Å². The van der Waals surface area contributed by atoms with Gasteiger partial charge in [-0.2, -0.15) is 0 Å². The highest BCUT2D eigenvalue weighted by molar-refractivity contribution is 7.80. The van der Waals surface area contributed by atoms with Gasteiger partial charge in [0.2, 0.25) is 0 Å². The Morgan fingerprint density at radius 1 is 1.00 bits per heavy atom. The number of carbonyl (C=O) groups excluding carboxylic acids is 2. The molecule has 0 spiro atoms. The van der Waals surface area contributed by atoms with E-state index in [1.807, 2.05) is 6.07 Å². The lowest BCUT2D eigenvalue weighted by atomic mass is 10.2. The molecule has 0 radical (unpaired) electrons. The van der Waals surface area contributed by atoms with Crippen molar-refractivity contribution >= 4 is 34.9 Å². The summed E-state index contributed by atoms with van der Waals surface area (Å²) in [6.07, 6.45) is 4.39. The minimum absolute atomic E-state index is 0.151. The predicted octanol–water partition coefficient (Wildman–Crippen LogP) is 4.56. The molecule has 0 heterocycles. The molecule has 0 aliphatic carbocycles. The Morgan fingerprint density at radius 2 is 1.72 bits per heavy atom. The van der Waals surface area contributed by atoms with E-state index in [0.717, 1.165) is 19.3 Å². The number of benzene rings is 2. The molecule has 0 aliphatic heterocycles. The van der Waals surface area contributed by atoms with E-state index >= 15 is 0 Å². The van der Waals surface area contributed by atoms with Crippen LogP contribution in [0.4, 0.5) is 5.69 Å². The quantitative estimate of drug-likeness (QED) is 0.356. The fourth-order valence-corrected chi connectivity index (χ4v) is 2.84. The van der Waals surface area contributed by atoms with Crippen molar-refractivity contribution in [2.45, 2.75) is 32.6 Å². The summed E-state index contributed by atoms with van der Waals surface area (Å²) in [6.45, 7) is 2.73. The van der Waals surface area contributed by atoms with E-state index in [1.54, 1.807) is 42.5 Å². The number of thiocarbonyl (C=S) groups is 1. The van der Waals surface area contributed by atoms with Crippen molar-refractivity contribution in [3.05, 3.63) is 59.7 Å². The summed E-state index contributed by atoms with van der Waals surface area (Å²) in [7, 11) is 1.33. The first-order valence-corrected chi connectivity index (χ1v) is 9.98. The third kappa shape index (κ3) is 7.19. The molecule has 2 N–H and O–H groups in total. The van der Waals surface area contributed by atoms with E-state index in [-0.39, 0.29) is 11.0 Å². The summed E-state index contributed by atoms with van der Waals surface area (Å²) in [5.41, 5.74) is 1.50. The second-order valence-corrected chi connectivity index (χ2v) is 6.79. The minimum Gasteiger partial charge on any atom is -0.493 e. The fraction of sp³-hybridized carbons (Fsp3) is 0.318. The number of carbonyl (C=O) groups is 2. The number of methoxy groups -OCH3 is 1. The van der Waals surface area contributed by atoms with Gasteiger partial charge in [0.25, 0.3) is 5.91 Å². The van der Waals surface area contributed by atoms with Gasteiger partial charge in [0, 0.05) is 5.69 Å². The third-order valence-corrected chi connectivity index (χ3v) is 4.38. The van der Waals surface area contributed by atoms with E-state index in [4.69, 9.17) is 17.0 Å². The normalized spacial score (nSPS) is 10.1. The summed E-state index contributed by atoms with van der Waals surface area (Å²) in [6, 6.07) is 13.7. The Balaban J connectivity index is 1.92. The summed E-state index contributed by atoms with van der Waals surface area (Å²) in [4.78, 5) is 24.1. The molecule has 0 unspecified atom stereocenters. The van der Waals surface area contributed by atoms with Crippen LogP contribution in [0.2, 0.25) is 0 Å². The molecule has 0 atom stereocenters. The summed E-state index contributed by atoms with van der Waals surface area (Å²) in [5, 5.41) is 5.72. The highest BCUT2D eigenvalue weighted by atomic mass is 32.1. The lowest BCUT2D eigenvalue weighted by molar-refractivity contribution is 0.0600. The van der Waals surface area contributed by atoms with Gasteiger partial charge in [0.05, 0.1) is 24.8 Å². The first-order valence-electron chi connectivity index (χ1n) is 9.57. The second kappa shape index (κ2) is 11.8. The van der Waals surface area contributed by atoms with Gasteiger partial charge in [-0.05, 0) is 55.0 Å². The molecule has 0 aromatic heterocycles. The van der Waals surface area contributed by atoms with Crippen molar-refractivity contribution in [1.29, 1.82) is 0 Å². The van der Waals surface area contributed by atoms with Crippen molar-refractivity contribution in [1.82, 2.24) is 5.32 Å². The zero-order chi connectivity index (χ0) is 21.1. The van der Waals surface area contributed by atoms with Gasteiger partial charge in [-0.3, -0.25) is 10.1 Å². The second-order valence-electron chi connectivity index (χ2n) is 6.38.